The van der Waals surface area contributed by atoms with Gasteiger partial charge < -0.3 is 9.84 Å². The molecule has 3 nitrogen and oxygen atoms in total. The van der Waals surface area contributed by atoms with Crippen LogP contribution in [-0.4, -0.2) is 24.3 Å². The van der Waals surface area contributed by atoms with Crippen molar-refractivity contribution in [2.24, 2.45) is 0 Å². The minimum Gasteiger partial charge on any atom is -0.467 e. The molecule has 1 atom stereocenters. The third-order valence-electron chi connectivity index (χ3n) is 2.92. The van der Waals surface area contributed by atoms with Crippen molar-refractivity contribution in [3.05, 3.63) is 35.1 Å². The fourth-order valence-corrected chi connectivity index (χ4v) is 1.69. The van der Waals surface area contributed by atoms with Crippen molar-refractivity contribution in [3.63, 3.8) is 0 Å². The van der Waals surface area contributed by atoms with E-state index in [9.17, 15) is 14.3 Å². The van der Waals surface area contributed by atoms with Crippen LogP contribution in [0.25, 0.3) is 0 Å². The first-order valence-electron chi connectivity index (χ1n) is 5.33. The monoisotopic (exact) mass is 240 g/mol. The maximum Gasteiger partial charge on any atom is 0.335 e. The van der Waals surface area contributed by atoms with Gasteiger partial charge in [0.15, 0.2) is 6.10 Å². The quantitative estimate of drug-likeness (QED) is 0.821. The number of aliphatic hydroxyl groups excluding tert-OH is 1. The number of carbonyl (C=O) groups excluding carboxylic acids is 1. The van der Waals surface area contributed by atoms with E-state index in [1.807, 2.05) is 6.92 Å². The lowest BCUT2D eigenvalue weighted by atomic mass is 9.78. The molecule has 0 fully saturated rings. The molecule has 0 bridgehead atoms. The topological polar surface area (TPSA) is 46.5 Å². The SMILES string of the molecule is COC(=O)C(O)C(C)(C)c1cc(C)ccc1F. The molecule has 0 aliphatic carbocycles. The van der Waals surface area contributed by atoms with Crippen LogP contribution in [0.15, 0.2) is 18.2 Å². The number of carbonyl (C=O) groups is 1. The Bertz CT molecular complexity index is 427. The molecule has 0 aromatic heterocycles. The Morgan fingerprint density at radius 2 is 2.06 bits per heavy atom. The van der Waals surface area contributed by atoms with Gasteiger partial charge in [-0.25, -0.2) is 9.18 Å². The van der Waals surface area contributed by atoms with Crippen molar-refractivity contribution in [2.75, 3.05) is 7.11 Å². The number of benzene rings is 1. The zero-order chi connectivity index (χ0) is 13.2. The average molecular weight is 240 g/mol. The summed E-state index contributed by atoms with van der Waals surface area (Å²) in [6.07, 6.45) is -1.40. The number of hydrogen-bond acceptors (Lipinski definition) is 3. The van der Waals surface area contributed by atoms with Gasteiger partial charge in [-0.15, -0.1) is 0 Å². The molecular formula is C13H17FO3. The van der Waals surface area contributed by atoms with Crippen LogP contribution in [0.1, 0.15) is 25.0 Å². The van der Waals surface area contributed by atoms with Gasteiger partial charge in [-0.05, 0) is 18.6 Å². The molecule has 1 rings (SSSR count). The van der Waals surface area contributed by atoms with Gasteiger partial charge in [-0.2, -0.15) is 0 Å². The van der Waals surface area contributed by atoms with E-state index < -0.39 is 23.3 Å². The molecule has 0 amide bonds. The highest BCUT2D eigenvalue weighted by atomic mass is 19.1. The van der Waals surface area contributed by atoms with E-state index >= 15 is 0 Å². The number of aliphatic hydroxyl groups is 1. The van der Waals surface area contributed by atoms with Gasteiger partial charge in [-0.3, -0.25) is 0 Å². The zero-order valence-corrected chi connectivity index (χ0v) is 10.5. The Morgan fingerprint density at radius 3 is 2.59 bits per heavy atom. The van der Waals surface area contributed by atoms with Crippen LogP contribution in [0.4, 0.5) is 4.39 Å². The molecule has 1 aromatic rings. The lowest BCUT2D eigenvalue weighted by Crippen LogP contribution is -2.41. The van der Waals surface area contributed by atoms with Crippen LogP contribution in [0.2, 0.25) is 0 Å². The largest absolute Gasteiger partial charge is 0.467 e. The summed E-state index contributed by atoms with van der Waals surface area (Å²) in [5.74, 6) is -1.21. The number of ether oxygens (including phenoxy) is 1. The summed E-state index contributed by atoms with van der Waals surface area (Å²) in [7, 11) is 1.19. The summed E-state index contributed by atoms with van der Waals surface area (Å²) in [5.41, 5.74) is 0.130. The second-order valence-electron chi connectivity index (χ2n) is 4.63. The van der Waals surface area contributed by atoms with Crippen LogP contribution in [0.3, 0.4) is 0 Å². The summed E-state index contributed by atoms with van der Waals surface area (Å²) in [6, 6.07) is 4.59. The molecule has 0 radical (unpaired) electrons. The third kappa shape index (κ3) is 2.64. The normalized spacial score (nSPS) is 13.3. The maximum absolute atomic E-state index is 13.7. The first kappa shape index (κ1) is 13.6. The number of hydrogen-bond donors (Lipinski definition) is 1. The van der Waals surface area contributed by atoms with Crippen molar-refractivity contribution in [2.45, 2.75) is 32.3 Å². The molecule has 0 saturated heterocycles. The predicted molar refractivity (Wildman–Crippen MR) is 62.2 cm³/mol. The Kier molecular flexibility index (Phi) is 3.88. The molecule has 17 heavy (non-hydrogen) atoms. The van der Waals surface area contributed by atoms with Gasteiger partial charge in [0.25, 0.3) is 0 Å². The molecule has 0 aliphatic heterocycles. The second kappa shape index (κ2) is 4.84. The Labute approximate surface area is 100 Å². The van der Waals surface area contributed by atoms with Gasteiger partial charge in [0.2, 0.25) is 0 Å². The van der Waals surface area contributed by atoms with Gasteiger partial charge in [0.1, 0.15) is 5.82 Å². The minimum absolute atomic E-state index is 0.301. The maximum atomic E-state index is 13.7. The summed E-state index contributed by atoms with van der Waals surface area (Å²) in [4.78, 5) is 11.3. The Hall–Kier alpha value is -1.42. The number of methoxy groups -OCH3 is 1. The fraction of sp³-hybridized carbons (Fsp3) is 0.462. The van der Waals surface area contributed by atoms with E-state index in [0.29, 0.717) is 5.56 Å². The molecule has 0 aliphatic rings. The van der Waals surface area contributed by atoms with E-state index in [2.05, 4.69) is 4.74 Å². The molecule has 1 aromatic carbocycles. The molecular weight excluding hydrogens is 223 g/mol. The highest BCUT2D eigenvalue weighted by Gasteiger charge is 2.37. The third-order valence-corrected chi connectivity index (χ3v) is 2.92. The summed E-state index contributed by atoms with van der Waals surface area (Å²) < 4.78 is 18.2. The lowest BCUT2D eigenvalue weighted by Gasteiger charge is -2.29. The van der Waals surface area contributed by atoms with Gasteiger partial charge in [0.05, 0.1) is 7.11 Å². The molecule has 0 spiro atoms. The first-order valence-corrected chi connectivity index (χ1v) is 5.33. The minimum atomic E-state index is -1.40. The number of esters is 1. The number of halogens is 1. The van der Waals surface area contributed by atoms with Crippen molar-refractivity contribution in [3.8, 4) is 0 Å². The molecule has 0 saturated carbocycles. The second-order valence-corrected chi connectivity index (χ2v) is 4.63. The van der Waals surface area contributed by atoms with Crippen LogP contribution in [-0.2, 0) is 14.9 Å². The molecule has 94 valence electrons. The van der Waals surface area contributed by atoms with Gasteiger partial charge in [-0.1, -0.05) is 31.5 Å². The van der Waals surface area contributed by atoms with Gasteiger partial charge >= 0.3 is 5.97 Å². The van der Waals surface area contributed by atoms with E-state index in [1.165, 1.54) is 13.2 Å². The smallest absolute Gasteiger partial charge is 0.335 e. The average Bonchev–Trinajstić information content (AvgIpc) is 2.30. The van der Waals surface area contributed by atoms with E-state index in [4.69, 9.17) is 0 Å². The van der Waals surface area contributed by atoms with Crippen molar-refractivity contribution < 1.29 is 19.0 Å². The van der Waals surface area contributed by atoms with E-state index in [0.717, 1.165) is 5.56 Å². The Morgan fingerprint density at radius 1 is 1.47 bits per heavy atom. The molecule has 4 heteroatoms. The molecule has 0 heterocycles. The van der Waals surface area contributed by atoms with E-state index in [-0.39, 0.29) is 0 Å². The molecule has 1 unspecified atom stereocenters. The van der Waals surface area contributed by atoms with Crippen molar-refractivity contribution >= 4 is 5.97 Å². The fourth-order valence-electron chi connectivity index (χ4n) is 1.69. The highest BCUT2D eigenvalue weighted by molar-refractivity contribution is 5.76. The first-order chi connectivity index (χ1) is 7.80. The van der Waals surface area contributed by atoms with Gasteiger partial charge in [0, 0.05) is 5.41 Å². The summed E-state index contributed by atoms with van der Waals surface area (Å²) >= 11 is 0. The van der Waals surface area contributed by atoms with Crippen LogP contribution in [0, 0.1) is 12.7 Å². The summed E-state index contributed by atoms with van der Waals surface area (Å²) in [5, 5.41) is 9.87. The standard InChI is InChI=1S/C13H17FO3/c1-8-5-6-10(14)9(7-8)13(2,3)11(15)12(16)17-4/h5-7,11,15H,1-4H3. The van der Waals surface area contributed by atoms with Crippen LogP contribution < -0.4 is 0 Å². The Balaban J connectivity index is 3.20. The summed E-state index contributed by atoms with van der Waals surface area (Å²) in [6.45, 7) is 5.03. The predicted octanol–water partition coefficient (Wildman–Crippen LogP) is 1.95. The lowest BCUT2D eigenvalue weighted by molar-refractivity contribution is -0.153. The van der Waals surface area contributed by atoms with Crippen molar-refractivity contribution in [1.82, 2.24) is 0 Å². The van der Waals surface area contributed by atoms with E-state index in [1.54, 1.807) is 26.0 Å². The molecule has 1 N–H and O–H groups in total. The van der Waals surface area contributed by atoms with Crippen LogP contribution in [0.5, 0.6) is 0 Å². The van der Waals surface area contributed by atoms with Crippen LogP contribution >= 0.6 is 0 Å². The van der Waals surface area contributed by atoms with Crippen molar-refractivity contribution in [1.29, 1.82) is 0 Å². The zero-order valence-electron chi connectivity index (χ0n) is 10.5. The number of aryl methyl sites for hydroxylation is 1. The highest BCUT2D eigenvalue weighted by Crippen LogP contribution is 2.30. The number of rotatable bonds is 3.